The minimum Gasteiger partial charge on any atom is -0.463 e. The molecule has 0 unspecified atom stereocenters. The predicted molar refractivity (Wildman–Crippen MR) is 115 cm³/mol. The number of anilines is 1. The molecule has 1 amide bonds. The Morgan fingerprint density at radius 2 is 1.79 bits per heavy atom. The molecule has 4 rings (SSSR count). The van der Waals surface area contributed by atoms with Gasteiger partial charge < -0.3 is 14.7 Å². The van der Waals surface area contributed by atoms with E-state index in [1.807, 2.05) is 42.5 Å². The van der Waals surface area contributed by atoms with Gasteiger partial charge in [0.1, 0.15) is 11.8 Å². The molecule has 0 aliphatic rings. The second-order valence-corrected chi connectivity index (χ2v) is 8.03. The summed E-state index contributed by atoms with van der Waals surface area (Å²) >= 11 is 0. The van der Waals surface area contributed by atoms with Crippen LogP contribution in [0.4, 0.5) is 5.69 Å². The molecule has 146 valence electrons. The highest BCUT2D eigenvalue weighted by Gasteiger charge is 2.24. The molecule has 0 saturated carbocycles. The molecule has 0 bridgehead atoms. The molecule has 0 atom stereocenters. The predicted octanol–water partition coefficient (Wildman–Crippen LogP) is 5.34. The molecular formula is C24H22N2O3. The van der Waals surface area contributed by atoms with E-state index in [-0.39, 0.29) is 16.9 Å². The first-order valence-electron chi connectivity index (χ1n) is 9.45. The maximum Gasteiger partial charge on any atom is 0.259 e. The van der Waals surface area contributed by atoms with Crippen LogP contribution in [-0.2, 0) is 5.41 Å². The number of nitrogens with one attached hydrogen (secondary N) is 2. The fourth-order valence-electron chi connectivity index (χ4n) is 3.39. The van der Waals surface area contributed by atoms with E-state index >= 15 is 0 Å². The average molecular weight is 386 g/mol. The molecule has 29 heavy (non-hydrogen) atoms. The Kier molecular flexibility index (Phi) is 4.59. The van der Waals surface area contributed by atoms with Crippen molar-refractivity contribution in [3.05, 3.63) is 88.5 Å². The summed E-state index contributed by atoms with van der Waals surface area (Å²) < 4.78 is 5.84. The van der Waals surface area contributed by atoms with Crippen molar-refractivity contribution in [2.45, 2.75) is 26.2 Å². The zero-order valence-corrected chi connectivity index (χ0v) is 16.6. The van der Waals surface area contributed by atoms with Crippen molar-refractivity contribution in [3.63, 3.8) is 0 Å². The van der Waals surface area contributed by atoms with Gasteiger partial charge in [-0.1, -0.05) is 39.0 Å². The van der Waals surface area contributed by atoms with Gasteiger partial charge in [-0.15, -0.1) is 0 Å². The van der Waals surface area contributed by atoms with Gasteiger partial charge in [-0.25, -0.2) is 0 Å². The van der Waals surface area contributed by atoms with Crippen molar-refractivity contribution in [2.24, 2.45) is 0 Å². The lowest BCUT2D eigenvalue weighted by atomic mass is 9.84. The SMILES string of the molecule is CC(C)(C)c1cc(-c2ccc[nH]c2=O)cc2c(C(=O)Nc3ccccc3)coc12. The summed E-state index contributed by atoms with van der Waals surface area (Å²) in [5.74, 6) is -0.256. The molecule has 5 heteroatoms. The lowest BCUT2D eigenvalue weighted by molar-refractivity contribution is 0.102. The molecule has 0 aliphatic heterocycles. The third kappa shape index (κ3) is 3.59. The van der Waals surface area contributed by atoms with E-state index in [9.17, 15) is 9.59 Å². The standard InChI is InChI=1S/C24H22N2O3/c1-24(2,3)20-13-15(17-10-7-11-25-22(17)27)12-18-19(14-29-21(18)20)23(28)26-16-8-5-4-6-9-16/h4-14H,1-3H3,(H,25,27)(H,26,28). The number of amides is 1. The van der Waals surface area contributed by atoms with E-state index in [4.69, 9.17) is 4.42 Å². The van der Waals surface area contributed by atoms with Crippen molar-refractivity contribution in [1.82, 2.24) is 4.98 Å². The smallest absolute Gasteiger partial charge is 0.259 e. The highest BCUT2D eigenvalue weighted by molar-refractivity contribution is 6.13. The van der Waals surface area contributed by atoms with Crippen molar-refractivity contribution in [2.75, 3.05) is 5.32 Å². The third-order valence-electron chi connectivity index (χ3n) is 4.89. The van der Waals surface area contributed by atoms with Crippen molar-refractivity contribution in [3.8, 4) is 11.1 Å². The van der Waals surface area contributed by atoms with Crippen LogP contribution in [0.1, 0.15) is 36.7 Å². The first-order valence-corrected chi connectivity index (χ1v) is 9.45. The molecule has 0 fully saturated rings. The normalized spacial score (nSPS) is 11.6. The maximum absolute atomic E-state index is 12.9. The van der Waals surface area contributed by atoms with E-state index in [1.54, 1.807) is 18.3 Å². The number of carbonyl (C=O) groups is 1. The van der Waals surface area contributed by atoms with E-state index in [0.29, 0.717) is 27.8 Å². The van der Waals surface area contributed by atoms with Crippen LogP contribution in [0.3, 0.4) is 0 Å². The number of aromatic amines is 1. The average Bonchev–Trinajstić information content (AvgIpc) is 3.11. The Balaban J connectivity index is 1.90. The number of H-pyrrole nitrogens is 1. The highest BCUT2D eigenvalue weighted by Crippen LogP contribution is 2.36. The van der Waals surface area contributed by atoms with Gasteiger partial charge in [0.15, 0.2) is 0 Å². The lowest BCUT2D eigenvalue weighted by Crippen LogP contribution is -2.14. The van der Waals surface area contributed by atoms with Gasteiger partial charge in [-0.05, 0) is 47.4 Å². The molecule has 5 nitrogen and oxygen atoms in total. The molecular weight excluding hydrogens is 364 g/mol. The maximum atomic E-state index is 12.9. The number of fused-ring (bicyclic) bond motifs is 1. The van der Waals surface area contributed by atoms with Gasteiger partial charge in [0.25, 0.3) is 11.5 Å². The van der Waals surface area contributed by atoms with Crippen LogP contribution >= 0.6 is 0 Å². The molecule has 0 radical (unpaired) electrons. The minimum absolute atomic E-state index is 0.175. The molecule has 0 spiro atoms. The number of hydrogen-bond acceptors (Lipinski definition) is 3. The lowest BCUT2D eigenvalue weighted by Gasteiger charge is -2.20. The summed E-state index contributed by atoms with van der Waals surface area (Å²) in [5, 5.41) is 3.58. The number of rotatable bonds is 3. The highest BCUT2D eigenvalue weighted by atomic mass is 16.3. The van der Waals surface area contributed by atoms with Gasteiger partial charge in [0.2, 0.25) is 0 Å². The van der Waals surface area contributed by atoms with Crippen LogP contribution in [0.15, 0.2) is 76.3 Å². The van der Waals surface area contributed by atoms with E-state index < -0.39 is 0 Å². The van der Waals surface area contributed by atoms with Gasteiger partial charge in [0, 0.05) is 28.4 Å². The van der Waals surface area contributed by atoms with Gasteiger partial charge in [-0.2, -0.15) is 0 Å². The van der Waals surface area contributed by atoms with Crippen LogP contribution < -0.4 is 10.9 Å². The van der Waals surface area contributed by atoms with Crippen LogP contribution in [0, 0.1) is 0 Å². The molecule has 2 aromatic carbocycles. The molecule has 2 aromatic heterocycles. The summed E-state index contributed by atoms with van der Waals surface area (Å²) in [7, 11) is 0. The molecule has 4 aromatic rings. The first-order chi connectivity index (χ1) is 13.8. The molecule has 2 heterocycles. The Hall–Kier alpha value is -3.60. The van der Waals surface area contributed by atoms with E-state index in [1.165, 1.54) is 6.26 Å². The summed E-state index contributed by atoms with van der Waals surface area (Å²) in [6.45, 7) is 6.23. The molecule has 0 saturated heterocycles. The molecule has 2 N–H and O–H groups in total. The number of aromatic nitrogens is 1. The quantitative estimate of drug-likeness (QED) is 0.499. The Labute approximate surface area is 168 Å². The number of pyridine rings is 1. The zero-order valence-electron chi connectivity index (χ0n) is 16.6. The second-order valence-electron chi connectivity index (χ2n) is 8.03. The number of furan rings is 1. The van der Waals surface area contributed by atoms with Gasteiger partial charge in [-0.3, -0.25) is 9.59 Å². The Morgan fingerprint density at radius 1 is 1.03 bits per heavy atom. The topological polar surface area (TPSA) is 75.1 Å². The van der Waals surface area contributed by atoms with Crippen molar-refractivity contribution < 1.29 is 9.21 Å². The number of hydrogen-bond donors (Lipinski definition) is 2. The monoisotopic (exact) mass is 386 g/mol. The first kappa shape index (κ1) is 18.7. The fourth-order valence-corrected chi connectivity index (χ4v) is 3.39. The second kappa shape index (κ2) is 7.09. The number of carbonyl (C=O) groups excluding carboxylic acids is 1. The minimum atomic E-state index is -0.256. The summed E-state index contributed by atoms with van der Waals surface area (Å²) in [6, 6.07) is 16.6. The van der Waals surface area contributed by atoms with Gasteiger partial charge in [0.05, 0.1) is 5.56 Å². The third-order valence-corrected chi connectivity index (χ3v) is 4.89. The van der Waals surface area contributed by atoms with E-state index in [2.05, 4.69) is 31.1 Å². The summed E-state index contributed by atoms with van der Waals surface area (Å²) in [4.78, 5) is 28.0. The summed E-state index contributed by atoms with van der Waals surface area (Å²) in [6.07, 6.45) is 3.09. The fraction of sp³-hybridized carbons (Fsp3) is 0.167. The van der Waals surface area contributed by atoms with Crippen molar-refractivity contribution >= 4 is 22.6 Å². The van der Waals surface area contributed by atoms with Crippen LogP contribution in [0.25, 0.3) is 22.1 Å². The zero-order chi connectivity index (χ0) is 20.6. The number of benzene rings is 2. The van der Waals surface area contributed by atoms with Gasteiger partial charge >= 0.3 is 0 Å². The molecule has 0 aliphatic carbocycles. The van der Waals surface area contributed by atoms with Crippen LogP contribution in [0.2, 0.25) is 0 Å². The van der Waals surface area contributed by atoms with Crippen molar-refractivity contribution in [1.29, 1.82) is 0 Å². The Morgan fingerprint density at radius 3 is 2.48 bits per heavy atom. The largest absolute Gasteiger partial charge is 0.463 e. The Bertz CT molecular complexity index is 1240. The number of para-hydroxylation sites is 1. The van der Waals surface area contributed by atoms with Crippen LogP contribution in [-0.4, -0.2) is 10.9 Å². The van der Waals surface area contributed by atoms with Crippen LogP contribution in [0.5, 0.6) is 0 Å². The summed E-state index contributed by atoms with van der Waals surface area (Å²) in [5.41, 5.74) is 3.63. The van der Waals surface area contributed by atoms with E-state index in [0.717, 1.165) is 11.1 Å².